The number of allylic oxidation sites excluding steroid dienone is 1. The molecule has 0 bridgehead atoms. The summed E-state index contributed by atoms with van der Waals surface area (Å²) in [6, 6.07) is 6.02. The average molecular weight is 203 g/mol. The number of amides is 1. The van der Waals surface area contributed by atoms with Crippen LogP contribution >= 0.6 is 0 Å². The van der Waals surface area contributed by atoms with Crippen molar-refractivity contribution in [2.75, 3.05) is 5.32 Å². The number of hydrogen-bond donors (Lipinski definition) is 1. The van der Waals surface area contributed by atoms with Crippen LogP contribution in [0.3, 0.4) is 0 Å². The van der Waals surface area contributed by atoms with Crippen molar-refractivity contribution in [2.24, 2.45) is 0 Å². The minimum absolute atomic E-state index is 0.0660. The molecule has 0 aromatic heterocycles. The van der Waals surface area contributed by atoms with Gasteiger partial charge in [-0.25, -0.2) is 0 Å². The van der Waals surface area contributed by atoms with Gasteiger partial charge in [-0.2, -0.15) is 0 Å². The molecule has 0 spiro atoms. The Balaban J connectivity index is 2.85. The summed E-state index contributed by atoms with van der Waals surface area (Å²) in [6.07, 6.45) is 1.60. The molecule has 2 nitrogen and oxygen atoms in total. The average Bonchev–Trinajstić information content (AvgIpc) is 2.10. The fraction of sp³-hybridized carbons (Fsp3) is 0.308. The summed E-state index contributed by atoms with van der Waals surface area (Å²) in [5.74, 6) is -0.0660. The summed E-state index contributed by atoms with van der Waals surface area (Å²) >= 11 is 0. The number of benzene rings is 1. The third kappa shape index (κ3) is 3.58. The lowest BCUT2D eigenvalue weighted by Gasteiger charge is -2.07. The van der Waals surface area contributed by atoms with Crippen LogP contribution in [0.1, 0.15) is 25.0 Å². The lowest BCUT2D eigenvalue weighted by molar-refractivity contribution is -0.111. The van der Waals surface area contributed by atoms with Crippen LogP contribution < -0.4 is 5.32 Å². The molecule has 1 amide bonds. The van der Waals surface area contributed by atoms with E-state index in [0.717, 1.165) is 22.4 Å². The van der Waals surface area contributed by atoms with Gasteiger partial charge < -0.3 is 5.32 Å². The van der Waals surface area contributed by atoms with Gasteiger partial charge in [0.25, 0.3) is 0 Å². The number of hydrogen-bond acceptors (Lipinski definition) is 1. The van der Waals surface area contributed by atoms with Crippen molar-refractivity contribution in [2.45, 2.75) is 27.7 Å². The predicted octanol–water partition coefficient (Wildman–Crippen LogP) is 3.21. The molecule has 1 rings (SSSR count). The fourth-order valence-electron chi connectivity index (χ4n) is 1.30. The topological polar surface area (TPSA) is 29.1 Å². The van der Waals surface area contributed by atoms with Gasteiger partial charge in [-0.15, -0.1) is 0 Å². The summed E-state index contributed by atoms with van der Waals surface area (Å²) in [4.78, 5) is 11.5. The van der Waals surface area contributed by atoms with Crippen LogP contribution in [0.5, 0.6) is 0 Å². The van der Waals surface area contributed by atoms with E-state index in [1.807, 2.05) is 45.9 Å². The molecule has 0 atom stereocenters. The number of carbonyl (C=O) groups is 1. The van der Waals surface area contributed by atoms with Crippen LogP contribution in [0.15, 0.2) is 29.8 Å². The van der Waals surface area contributed by atoms with Gasteiger partial charge in [0.1, 0.15) is 0 Å². The van der Waals surface area contributed by atoms with E-state index in [1.165, 1.54) is 0 Å². The summed E-state index contributed by atoms with van der Waals surface area (Å²) in [7, 11) is 0. The van der Waals surface area contributed by atoms with Crippen LogP contribution in [0.2, 0.25) is 0 Å². The Kier molecular flexibility index (Phi) is 3.67. The third-order valence-electron chi connectivity index (χ3n) is 2.07. The van der Waals surface area contributed by atoms with Crippen LogP contribution in [0, 0.1) is 13.8 Å². The van der Waals surface area contributed by atoms with Crippen molar-refractivity contribution < 1.29 is 4.79 Å². The number of aryl methyl sites for hydroxylation is 2. The first-order valence-electron chi connectivity index (χ1n) is 5.02. The van der Waals surface area contributed by atoms with E-state index in [0.29, 0.717) is 0 Å². The van der Waals surface area contributed by atoms with E-state index in [4.69, 9.17) is 0 Å². The highest BCUT2D eigenvalue weighted by atomic mass is 16.1. The van der Waals surface area contributed by atoms with E-state index in [9.17, 15) is 4.79 Å². The van der Waals surface area contributed by atoms with Crippen molar-refractivity contribution in [3.63, 3.8) is 0 Å². The zero-order valence-corrected chi connectivity index (χ0v) is 9.72. The highest BCUT2D eigenvalue weighted by Gasteiger charge is 2.01. The van der Waals surface area contributed by atoms with Gasteiger partial charge >= 0.3 is 0 Å². The molecular weight excluding hydrogens is 186 g/mol. The first-order valence-corrected chi connectivity index (χ1v) is 5.02. The molecule has 0 fully saturated rings. The van der Waals surface area contributed by atoms with Crippen LogP contribution in [0.4, 0.5) is 5.69 Å². The van der Waals surface area contributed by atoms with Crippen molar-refractivity contribution in [1.82, 2.24) is 0 Å². The summed E-state index contributed by atoms with van der Waals surface area (Å²) in [5.41, 5.74) is 4.11. The monoisotopic (exact) mass is 203 g/mol. The second-order valence-electron chi connectivity index (χ2n) is 4.03. The molecular formula is C13H17NO. The van der Waals surface area contributed by atoms with Gasteiger partial charge in [0, 0.05) is 11.8 Å². The minimum atomic E-state index is -0.0660. The number of nitrogens with one attached hydrogen (secondary N) is 1. The molecule has 1 N–H and O–H groups in total. The Bertz CT molecular complexity index is 401. The maximum Gasteiger partial charge on any atom is 0.248 e. The molecule has 0 heterocycles. The van der Waals surface area contributed by atoms with Gasteiger partial charge in [0.05, 0.1) is 0 Å². The van der Waals surface area contributed by atoms with Crippen molar-refractivity contribution in [3.05, 3.63) is 41.0 Å². The van der Waals surface area contributed by atoms with Gasteiger partial charge in [0.15, 0.2) is 0 Å². The Morgan fingerprint density at radius 3 is 2.53 bits per heavy atom. The molecule has 1 aromatic carbocycles. The summed E-state index contributed by atoms with van der Waals surface area (Å²) in [6.45, 7) is 7.80. The van der Waals surface area contributed by atoms with E-state index in [1.54, 1.807) is 6.08 Å². The van der Waals surface area contributed by atoms with Gasteiger partial charge in [0.2, 0.25) is 5.91 Å². The Morgan fingerprint density at radius 1 is 1.27 bits per heavy atom. The normalized spacial score (nSPS) is 9.60. The van der Waals surface area contributed by atoms with Gasteiger partial charge in [-0.05, 0) is 44.9 Å². The SMILES string of the molecule is CC(C)=CC(=O)Nc1cc(C)ccc1C. The largest absolute Gasteiger partial charge is 0.322 e. The first kappa shape index (κ1) is 11.5. The first-order chi connectivity index (χ1) is 6.99. The van der Waals surface area contributed by atoms with E-state index >= 15 is 0 Å². The third-order valence-corrected chi connectivity index (χ3v) is 2.07. The molecule has 0 unspecified atom stereocenters. The molecule has 0 saturated heterocycles. The Labute approximate surface area is 91.0 Å². The second kappa shape index (κ2) is 4.78. The van der Waals surface area contributed by atoms with Crippen LogP contribution in [-0.4, -0.2) is 5.91 Å². The quantitative estimate of drug-likeness (QED) is 0.735. The molecule has 15 heavy (non-hydrogen) atoms. The highest BCUT2D eigenvalue weighted by molar-refractivity contribution is 6.00. The van der Waals surface area contributed by atoms with E-state index < -0.39 is 0 Å². The number of carbonyl (C=O) groups excluding carboxylic acids is 1. The maximum atomic E-state index is 11.5. The number of rotatable bonds is 2. The zero-order chi connectivity index (χ0) is 11.4. The standard InChI is InChI=1S/C13H17NO/c1-9(2)7-13(15)14-12-8-10(3)5-6-11(12)4/h5-8H,1-4H3,(H,14,15). The highest BCUT2D eigenvalue weighted by Crippen LogP contribution is 2.16. The molecule has 0 aliphatic heterocycles. The fourth-order valence-corrected chi connectivity index (χ4v) is 1.30. The molecule has 0 radical (unpaired) electrons. The minimum Gasteiger partial charge on any atom is -0.322 e. The molecule has 0 aliphatic rings. The van der Waals surface area contributed by atoms with E-state index in [2.05, 4.69) is 5.32 Å². The van der Waals surface area contributed by atoms with Crippen LogP contribution in [-0.2, 0) is 4.79 Å². The van der Waals surface area contributed by atoms with Crippen molar-refractivity contribution >= 4 is 11.6 Å². The van der Waals surface area contributed by atoms with Crippen LogP contribution in [0.25, 0.3) is 0 Å². The Morgan fingerprint density at radius 2 is 1.93 bits per heavy atom. The maximum absolute atomic E-state index is 11.5. The molecule has 80 valence electrons. The smallest absolute Gasteiger partial charge is 0.248 e. The molecule has 0 aliphatic carbocycles. The Hall–Kier alpha value is -1.57. The van der Waals surface area contributed by atoms with Gasteiger partial charge in [-0.3, -0.25) is 4.79 Å². The zero-order valence-electron chi connectivity index (χ0n) is 9.72. The second-order valence-corrected chi connectivity index (χ2v) is 4.03. The van der Waals surface area contributed by atoms with Crippen molar-refractivity contribution in [1.29, 1.82) is 0 Å². The lowest BCUT2D eigenvalue weighted by atomic mass is 10.1. The van der Waals surface area contributed by atoms with E-state index in [-0.39, 0.29) is 5.91 Å². The summed E-state index contributed by atoms with van der Waals surface area (Å²) < 4.78 is 0. The molecule has 2 heteroatoms. The van der Waals surface area contributed by atoms with Crippen molar-refractivity contribution in [3.8, 4) is 0 Å². The lowest BCUT2D eigenvalue weighted by Crippen LogP contribution is -2.09. The summed E-state index contributed by atoms with van der Waals surface area (Å²) in [5, 5.41) is 2.87. The predicted molar refractivity (Wildman–Crippen MR) is 64.0 cm³/mol. The number of anilines is 1. The van der Waals surface area contributed by atoms with Gasteiger partial charge in [-0.1, -0.05) is 17.7 Å². The molecule has 1 aromatic rings. The molecule has 0 saturated carbocycles.